The Labute approximate surface area is 151 Å². The third-order valence-corrected chi connectivity index (χ3v) is 6.27. The number of hydrogen-bond acceptors (Lipinski definition) is 2. The van der Waals surface area contributed by atoms with E-state index in [1.165, 1.54) is 56.5 Å². The summed E-state index contributed by atoms with van der Waals surface area (Å²) in [6, 6.07) is 15.3. The van der Waals surface area contributed by atoms with E-state index < -0.39 is 0 Å². The van der Waals surface area contributed by atoms with Crippen LogP contribution in [0.5, 0.6) is 0 Å². The largest absolute Gasteiger partial charge is 0.378 e. The van der Waals surface area contributed by atoms with Crippen LogP contribution in [0.25, 0.3) is 0 Å². The van der Waals surface area contributed by atoms with Crippen LogP contribution in [0.4, 0.5) is 0 Å². The fourth-order valence-electron chi connectivity index (χ4n) is 4.74. The van der Waals surface area contributed by atoms with Gasteiger partial charge >= 0.3 is 0 Å². The van der Waals surface area contributed by atoms with Crippen LogP contribution >= 0.6 is 0 Å². The zero-order valence-electron chi connectivity index (χ0n) is 15.4. The molecule has 2 aromatic rings. The predicted octanol–water partition coefficient (Wildman–Crippen LogP) is 4.03. The van der Waals surface area contributed by atoms with E-state index in [4.69, 9.17) is 4.74 Å². The Kier molecular flexibility index (Phi) is 4.96. The quantitative estimate of drug-likeness (QED) is 0.791. The third kappa shape index (κ3) is 3.68. The van der Waals surface area contributed by atoms with Crippen molar-refractivity contribution < 1.29 is 4.74 Å². The van der Waals surface area contributed by atoms with Gasteiger partial charge in [-0.15, -0.1) is 0 Å². The number of benzene rings is 1. The summed E-state index contributed by atoms with van der Waals surface area (Å²) >= 11 is 0. The maximum Gasteiger partial charge on any atom is 0.0645 e. The van der Waals surface area contributed by atoms with E-state index in [0.29, 0.717) is 11.5 Å². The van der Waals surface area contributed by atoms with Crippen molar-refractivity contribution in [2.45, 2.75) is 44.8 Å². The molecule has 4 rings (SSSR count). The Bertz CT molecular complexity index is 674. The number of hydrogen-bond donors (Lipinski definition) is 0. The Balaban J connectivity index is 1.46. The first-order valence-electron chi connectivity index (χ1n) is 9.73. The maximum atomic E-state index is 6.20. The SMILES string of the molecule is Cn1cccc1CN1CCC(CCc2ccccc2)(C2CCCO2)C1. The second-order valence-corrected chi connectivity index (χ2v) is 7.92. The highest BCUT2D eigenvalue weighted by Gasteiger charge is 2.45. The van der Waals surface area contributed by atoms with Gasteiger partial charge in [-0.2, -0.15) is 0 Å². The highest BCUT2D eigenvalue weighted by atomic mass is 16.5. The van der Waals surface area contributed by atoms with E-state index in [1.54, 1.807) is 0 Å². The molecule has 134 valence electrons. The topological polar surface area (TPSA) is 17.4 Å². The van der Waals surface area contributed by atoms with Crippen molar-refractivity contribution in [3.63, 3.8) is 0 Å². The van der Waals surface area contributed by atoms with Gasteiger partial charge in [0.25, 0.3) is 0 Å². The number of likely N-dealkylation sites (tertiary alicyclic amines) is 1. The molecule has 0 bridgehead atoms. The molecule has 25 heavy (non-hydrogen) atoms. The Morgan fingerprint density at radius 1 is 1.16 bits per heavy atom. The molecular formula is C22H30N2O. The number of aromatic nitrogens is 1. The number of rotatable bonds is 6. The average Bonchev–Trinajstić information content (AvgIpc) is 3.37. The van der Waals surface area contributed by atoms with Crippen LogP contribution in [-0.2, 0) is 24.8 Å². The molecule has 2 unspecified atom stereocenters. The summed E-state index contributed by atoms with van der Waals surface area (Å²) in [5.41, 5.74) is 3.20. The summed E-state index contributed by atoms with van der Waals surface area (Å²) in [6.45, 7) is 4.38. The molecule has 0 radical (unpaired) electrons. The fourth-order valence-corrected chi connectivity index (χ4v) is 4.74. The van der Waals surface area contributed by atoms with Crippen molar-refractivity contribution in [2.24, 2.45) is 12.5 Å². The smallest absolute Gasteiger partial charge is 0.0645 e. The minimum Gasteiger partial charge on any atom is -0.378 e. The molecule has 0 spiro atoms. The molecule has 0 amide bonds. The Hall–Kier alpha value is -1.58. The Morgan fingerprint density at radius 2 is 2.04 bits per heavy atom. The summed E-state index contributed by atoms with van der Waals surface area (Å²) < 4.78 is 8.45. The molecule has 1 aromatic carbocycles. The lowest BCUT2D eigenvalue weighted by molar-refractivity contribution is -0.00190. The fraction of sp³-hybridized carbons (Fsp3) is 0.545. The van der Waals surface area contributed by atoms with Gasteiger partial charge in [0.2, 0.25) is 0 Å². The molecule has 2 aliphatic heterocycles. The van der Waals surface area contributed by atoms with Crippen LogP contribution in [0.15, 0.2) is 48.7 Å². The van der Waals surface area contributed by atoms with Crippen molar-refractivity contribution in [3.05, 3.63) is 59.9 Å². The van der Waals surface area contributed by atoms with E-state index in [9.17, 15) is 0 Å². The van der Waals surface area contributed by atoms with Crippen LogP contribution in [0, 0.1) is 5.41 Å². The predicted molar refractivity (Wildman–Crippen MR) is 101 cm³/mol. The molecule has 3 nitrogen and oxygen atoms in total. The second kappa shape index (κ2) is 7.35. The molecule has 1 aromatic heterocycles. The van der Waals surface area contributed by atoms with Crippen molar-refractivity contribution in [2.75, 3.05) is 19.7 Å². The normalized spacial score (nSPS) is 27.2. The summed E-state index contributed by atoms with van der Waals surface area (Å²) in [5, 5.41) is 0. The van der Waals surface area contributed by atoms with Crippen molar-refractivity contribution >= 4 is 0 Å². The van der Waals surface area contributed by atoms with Gasteiger partial charge in [0, 0.05) is 44.0 Å². The third-order valence-electron chi connectivity index (χ3n) is 6.27. The molecule has 3 heterocycles. The summed E-state index contributed by atoms with van der Waals surface area (Å²) in [7, 11) is 2.15. The molecule has 2 atom stereocenters. The van der Waals surface area contributed by atoms with E-state index >= 15 is 0 Å². The molecule has 2 aliphatic rings. The minimum atomic E-state index is 0.331. The first kappa shape index (κ1) is 16.9. The summed E-state index contributed by atoms with van der Waals surface area (Å²) in [6.07, 6.45) is 8.75. The lowest BCUT2D eigenvalue weighted by Gasteiger charge is -2.35. The van der Waals surface area contributed by atoms with Crippen LogP contribution in [0.2, 0.25) is 0 Å². The van der Waals surface area contributed by atoms with E-state index in [1.807, 2.05) is 0 Å². The van der Waals surface area contributed by atoms with Gasteiger partial charge in [-0.25, -0.2) is 0 Å². The van der Waals surface area contributed by atoms with Gasteiger partial charge in [-0.05, 0) is 56.3 Å². The van der Waals surface area contributed by atoms with E-state index in [2.05, 4.69) is 65.2 Å². The van der Waals surface area contributed by atoms with Gasteiger partial charge in [-0.1, -0.05) is 30.3 Å². The van der Waals surface area contributed by atoms with Gasteiger partial charge in [0.1, 0.15) is 0 Å². The number of nitrogens with zero attached hydrogens (tertiary/aromatic N) is 2. The minimum absolute atomic E-state index is 0.331. The van der Waals surface area contributed by atoms with Crippen LogP contribution in [-0.4, -0.2) is 35.3 Å². The monoisotopic (exact) mass is 338 g/mol. The molecule has 0 N–H and O–H groups in total. The van der Waals surface area contributed by atoms with Gasteiger partial charge in [0.05, 0.1) is 6.10 Å². The highest BCUT2D eigenvalue weighted by Crippen LogP contribution is 2.43. The maximum absolute atomic E-state index is 6.20. The van der Waals surface area contributed by atoms with Gasteiger partial charge in [0.15, 0.2) is 0 Å². The highest BCUT2D eigenvalue weighted by molar-refractivity contribution is 5.16. The number of ether oxygens (including phenoxy) is 1. The molecule has 3 heteroatoms. The van der Waals surface area contributed by atoms with E-state index in [0.717, 1.165) is 13.2 Å². The molecule has 0 saturated carbocycles. The van der Waals surface area contributed by atoms with Crippen LogP contribution < -0.4 is 0 Å². The lowest BCUT2D eigenvalue weighted by atomic mass is 9.75. The molecule has 0 aliphatic carbocycles. The van der Waals surface area contributed by atoms with Crippen molar-refractivity contribution in [3.8, 4) is 0 Å². The average molecular weight is 338 g/mol. The summed E-state index contributed by atoms with van der Waals surface area (Å²) in [4.78, 5) is 2.64. The van der Waals surface area contributed by atoms with Crippen LogP contribution in [0.1, 0.15) is 36.9 Å². The molecular weight excluding hydrogens is 308 g/mol. The number of aryl methyl sites for hydroxylation is 2. The zero-order chi connectivity index (χ0) is 17.1. The first-order valence-corrected chi connectivity index (χ1v) is 9.73. The van der Waals surface area contributed by atoms with E-state index in [-0.39, 0.29) is 0 Å². The van der Waals surface area contributed by atoms with Crippen molar-refractivity contribution in [1.29, 1.82) is 0 Å². The van der Waals surface area contributed by atoms with Gasteiger partial charge < -0.3 is 9.30 Å². The zero-order valence-corrected chi connectivity index (χ0v) is 15.4. The van der Waals surface area contributed by atoms with Gasteiger partial charge in [-0.3, -0.25) is 4.90 Å². The molecule has 2 saturated heterocycles. The summed E-state index contributed by atoms with van der Waals surface area (Å²) in [5.74, 6) is 0. The second-order valence-electron chi connectivity index (χ2n) is 7.92. The first-order chi connectivity index (χ1) is 12.3. The van der Waals surface area contributed by atoms with Crippen LogP contribution in [0.3, 0.4) is 0 Å². The standard InChI is InChI=1S/C22H30N2O/c1-23-14-5-9-20(23)17-24-15-13-22(18-24,21-10-6-16-25-21)12-11-19-7-3-2-4-8-19/h2-5,7-9,14,21H,6,10-13,15-18H2,1H3. The Morgan fingerprint density at radius 3 is 2.76 bits per heavy atom. The lowest BCUT2D eigenvalue weighted by Crippen LogP contribution is -2.38. The molecule has 2 fully saturated rings. The van der Waals surface area contributed by atoms with Crippen molar-refractivity contribution in [1.82, 2.24) is 9.47 Å².